The summed E-state index contributed by atoms with van der Waals surface area (Å²) in [5.74, 6) is 2.33. The Morgan fingerprint density at radius 2 is 1.95 bits per heavy atom. The number of epoxide rings is 1. The van der Waals surface area contributed by atoms with E-state index in [0.717, 1.165) is 38.5 Å². The molecule has 122 valence electrons. The molecule has 0 aromatic heterocycles. The van der Waals surface area contributed by atoms with Crippen LogP contribution in [0.4, 0.5) is 4.39 Å². The van der Waals surface area contributed by atoms with E-state index >= 15 is 0 Å². The average Bonchev–Trinajstić information content (AvgIpc) is 3.08. The molecule has 1 heterocycles. The molecule has 4 saturated carbocycles. The van der Waals surface area contributed by atoms with Crippen LogP contribution in [0.1, 0.15) is 65.2 Å². The fraction of sp³-hybridized carbons (Fsp3) is 0.947. The summed E-state index contributed by atoms with van der Waals surface area (Å²) in [7, 11) is 0. The molecule has 0 bridgehead atoms. The molecule has 1 spiro atoms. The quantitative estimate of drug-likeness (QED) is 0.631. The molecule has 1 aliphatic heterocycles. The van der Waals surface area contributed by atoms with E-state index in [1.54, 1.807) is 0 Å². The summed E-state index contributed by atoms with van der Waals surface area (Å²) in [6.07, 6.45) is 7.05. The van der Waals surface area contributed by atoms with Gasteiger partial charge >= 0.3 is 0 Å². The van der Waals surface area contributed by atoms with Crippen molar-refractivity contribution >= 4 is 5.78 Å². The van der Waals surface area contributed by atoms with Crippen molar-refractivity contribution in [2.45, 2.75) is 83.1 Å². The van der Waals surface area contributed by atoms with E-state index < -0.39 is 6.17 Å². The number of halogens is 1. The van der Waals surface area contributed by atoms with E-state index in [2.05, 4.69) is 13.8 Å². The van der Waals surface area contributed by atoms with Crippen LogP contribution in [0.3, 0.4) is 0 Å². The van der Waals surface area contributed by atoms with Gasteiger partial charge in [0.2, 0.25) is 0 Å². The zero-order valence-corrected chi connectivity index (χ0v) is 13.7. The van der Waals surface area contributed by atoms with Gasteiger partial charge in [0.1, 0.15) is 17.6 Å². The van der Waals surface area contributed by atoms with Crippen LogP contribution < -0.4 is 0 Å². The minimum Gasteiger partial charge on any atom is -0.365 e. The Morgan fingerprint density at radius 1 is 1.14 bits per heavy atom. The second-order valence-corrected chi connectivity index (χ2v) is 9.28. The third-order valence-corrected chi connectivity index (χ3v) is 8.73. The molecule has 0 N–H and O–H groups in total. The number of hydrogen-bond acceptors (Lipinski definition) is 2. The van der Waals surface area contributed by atoms with Crippen molar-refractivity contribution in [3.8, 4) is 0 Å². The number of alkyl halides is 1. The minimum absolute atomic E-state index is 0.0658. The van der Waals surface area contributed by atoms with Gasteiger partial charge in [-0.25, -0.2) is 4.39 Å². The monoisotopic (exact) mass is 306 g/mol. The maximum absolute atomic E-state index is 14.0. The number of Topliss-reactive ketones (excluding diaryl/α,β-unsaturated/α-hetero) is 1. The van der Waals surface area contributed by atoms with Crippen LogP contribution >= 0.6 is 0 Å². The summed E-state index contributed by atoms with van der Waals surface area (Å²) in [5.41, 5.74) is -0.0674. The summed E-state index contributed by atoms with van der Waals surface area (Å²) in [5, 5.41) is 0. The van der Waals surface area contributed by atoms with Gasteiger partial charge in [0, 0.05) is 23.7 Å². The predicted octanol–water partition coefficient (Wildman–Crippen LogP) is 4.07. The first-order valence-corrected chi connectivity index (χ1v) is 9.26. The fourth-order valence-corrected chi connectivity index (χ4v) is 7.40. The zero-order valence-electron chi connectivity index (χ0n) is 13.7. The molecular formula is C19H27FO2. The molecule has 0 aromatic carbocycles. The Morgan fingerprint density at radius 3 is 2.77 bits per heavy atom. The highest BCUT2D eigenvalue weighted by molar-refractivity contribution is 5.87. The van der Waals surface area contributed by atoms with E-state index in [4.69, 9.17) is 4.74 Å². The highest BCUT2D eigenvalue weighted by Crippen LogP contribution is 2.73. The van der Waals surface area contributed by atoms with Crippen LogP contribution in [0.15, 0.2) is 0 Å². The summed E-state index contributed by atoms with van der Waals surface area (Å²) in [4.78, 5) is 12.4. The predicted molar refractivity (Wildman–Crippen MR) is 81.1 cm³/mol. The Bertz CT molecular complexity index is 548. The molecule has 0 aromatic rings. The Kier molecular flexibility index (Phi) is 2.51. The normalized spacial score (nSPS) is 62.7. The lowest BCUT2D eigenvalue weighted by Crippen LogP contribution is -2.58. The molecule has 5 fully saturated rings. The van der Waals surface area contributed by atoms with Crippen molar-refractivity contribution in [1.82, 2.24) is 0 Å². The van der Waals surface area contributed by atoms with Crippen molar-refractivity contribution in [1.29, 1.82) is 0 Å². The van der Waals surface area contributed by atoms with Crippen molar-refractivity contribution in [2.75, 3.05) is 0 Å². The lowest BCUT2D eigenvalue weighted by Gasteiger charge is -2.58. The van der Waals surface area contributed by atoms with Crippen LogP contribution in [0.25, 0.3) is 0 Å². The van der Waals surface area contributed by atoms with Gasteiger partial charge in [-0.2, -0.15) is 0 Å². The zero-order chi connectivity index (χ0) is 15.3. The SMILES string of the molecule is C[C@]12CC[C@H]3[C@@H](C[C@@H]4O[C@@]45C[C@H](F)CC[C@]35C)[C@@H]1CCC2=O. The number of ketones is 1. The number of carbonyl (C=O) groups excluding carboxylic acids is 1. The molecule has 0 amide bonds. The number of carbonyl (C=O) groups is 1. The third-order valence-electron chi connectivity index (χ3n) is 8.73. The van der Waals surface area contributed by atoms with E-state index in [1.165, 1.54) is 0 Å². The summed E-state index contributed by atoms with van der Waals surface area (Å²) in [6, 6.07) is 0. The van der Waals surface area contributed by atoms with Crippen molar-refractivity contribution in [2.24, 2.45) is 28.6 Å². The minimum atomic E-state index is -0.670. The third kappa shape index (κ3) is 1.39. The standard InChI is InChI=1S/C19H27FO2/c1-17-7-6-14-12(13(17)3-4-15(17)21)9-16-19(22-16)10-11(20)5-8-18(14,19)2/h11-14,16H,3-10H2,1-2H3/t11-,12+,13+,14+,16+,17+,18-,19+/m1/s1. The molecule has 0 radical (unpaired) electrons. The van der Waals surface area contributed by atoms with Crippen LogP contribution in [0, 0.1) is 28.6 Å². The summed E-state index contributed by atoms with van der Waals surface area (Å²) >= 11 is 0. The second kappa shape index (κ2) is 3.96. The molecule has 8 atom stereocenters. The maximum atomic E-state index is 14.0. The topological polar surface area (TPSA) is 29.6 Å². The highest BCUT2D eigenvalue weighted by atomic mass is 19.1. The van der Waals surface area contributed by atoms with E-state index in [-0.39, 0.29) is 22.5 Å². The highest BCUT2D eigenvalue weighted by Gasteiger charge is 2.76. The first-order chi connectivity index (χ1) is 10.4. The van der Waals surface area contributed by atoms with E-state index in [0.29, 0.717) is 36.4 Å². The van der Waals surface area contributed by atoms with Gasteiger partial charge in [0.25, 0.3) is 0 Å². The summed E-state index contributed by atoms with van der Waals surface area (Å²) < 4.78 is 20.2. The van der Waals surface area contributed by atoms with Gasteiger partial charge < -0.3 is 4.74 Å². The smallest absolute Gasteiger partial charge is 0.139 e. The molecular weight excluding hydrogens is 279 g/mol. The molecule has 1 saturated heterocycles. The van der Waals surface area contributed by atoms with Crippen molar-refractivity contribution in [3.05, 3.63) is 0 Å². The molecule has 5 aliphatic rings. The first-order valence-electron chi connectivity index (χ1n) is 9.26. The van der Waals surface area contributed by atoms with Gasteiger partial charge in [-0.05, 0) is 56.3 Å². The van der Waals surface area contributed by atoms with Crippen LogP contribution in [-0.2, 0) is 9.53 Å². The van der Waals surface area contributed by atoms with Crippen molar-refractivity contribution in [3.63, 3.8) is 0 Å². The Balaban J connectivity index is 1.53. The molecule has 0 unspecified atom stereocenters. The van der Waals surface area contributed by atoms with Gasteiger partial charge in [-0.1, -0.05) is 13.8 Å². The Hall–Kier alpha value is -0.440. The number of ether oxygens (including phenoxy) is 1. The second-order valence-electron chi connectivity index (χ2n) is 9.28. The van der Waals surface area contributed by atoms with Gasteiger partial charge in [0.05, 0.1) is 6.10 Å². The Labute approximate surface area is 132 Å². The van der Waals surface area contributed by atoms with Crippen LogP contribution in [0.2, 0.25) is 0 Å². The molecule has 22 heavy (non-hydrogen) atoms. The van der Waals surface area contributed by atoms with E-state index in [1.807, 2.05) is 0 Å². The maximum Gasteiger partial charge on any atom is 0.139 e. The number of rotatable bonds is 0. The van der Waals surface area contributed by atoms with E-state index in [9.17, 15) is 9.18 Å². The largest absolute Gasteiger partial charge is 0.365 e. The molecule has 2 nitrogen and oxygen atoms in total. The van der Waals surface area contributed by atoms with Gasteiger partial charge in [0.15, 0.2) is 0 Å². The van der Waals surface area contributed by atoms with Gasteiger partial charge in [-0.3, -0.25) is 4.79 Å². The molecule has 4 aliphatic carbocycles. The number of hydrogen-bond donors (Lipinski definition) is 0. The fourth-order valence-electron chi connectivity index (χ4n) is 7.40. The lowest BCUT2D eigenvalue weighted by atomic mass is 9.45. The summed E-state index contributed by atoms with van der Waals surface area (Å²) in [6.45, 7) is 4.61. The lowest BCUT2D eigenvalue weighted by molar-refractivity contribution is -0.136. The molecule has 5 rings (SSSR count). The molecule has 3 heteroatoms. The van der Waals surface area contributed by atoms with Gasteiger partial charge in [-0.15, -0.1) is 0 Å². The first kappa shape index (κ1) is 13.9. The van der Waals surface area contributed by atoms with Crippen LogP contribution in [0.5, 0.6) is 0 Å². The van der Waals surface area contributed by atoms with Crippen molar-refractivity contribution < 1.29 is 13.9 Å². The number of fused-ring (bicyclic) bond motifs is 4. The van der Waals surface area contributed by atoms with Crippen LogP contribution in [-0.4, -0.2) is 23.7 Å². The average molecular weight is 306 g/mol.